The van der Waals surface area contributed by atoms with Crippen LogP contribution in [0, 0.1) is 13.8 Å². The smallest absolute Gasteiger partial charge is 0.145 e. The average molecular weight is 262 g/mol. The first kappa shape index (κ1) is 14.2. The molecule has 0 aromatic heterocycles. The fourth-order valence-corrected chi connectivity index (χ4v) is 2.99. The van der Waals surface area contributed by atoms with Gasteiger partial charge in [-0.25, -0.2) is 0 Å². The molecule has 106 valence electrons. The van der Waals surface area contributed by atoms with E-state index in [9.17, 15) is 0 Å². The second kappa shape index (κ2) is 6.29. The van der Waals surface area contributed by atoms with E-state index >= 15 is 0 Å². The van der Waals surface area contributed by atoms with Gasteiger partial charge in [0.25, 0.3) is 0 Å². The van der Waals surface area contributed by atoms with Crippen LogP contribution in [0.1, 0.15) is 30.4 Å². The van der Waals surface area contributed by atoms with E-state index in [-0.39, 0.29) is 0 Å². The second-order valence-electron chi connectivity index (χ2n) is 5.66. The monoisotopic (exact) mass is 262 g/mol. The summed E-state index contributed by atoms with van der Waals surface area (Å²) in [6, 6.07) is 4.99. The Hall–Kier alpha value is -1.22. The number of methoxy groups -OCH3 is 1. The van der Waals surface area contributed by atoms with Crippen LogP contribution >= 0.6 is 0 Å². The molecule has 1 aromatic rings. The third kappa shape index (κ3) is 3.41. The number of piperidine rings is 1. The van der Waals surface area contributed by atoms with Crippen molar-refractivity contribution in [1.29, 1.82) is 0 Å². The molecule has 1 heterocycles. The van der Waals surface area contributed by atoms with Crippen molar-refractivity contribution in [3.05, 3.63) is 23.3 Å². The van der Waals surface area contributed by atoms with Crippen molar-refractivity contribution in [2.45, 2.75) is 39.2 Å². The molecule has 19 heavy (non-hydrogen) atoms. The molecule has 0 radical (unpaired) electrons. The molecule has 1 aliphatic rings. The minimum atomic E-state index is 0.601. The van der Waals surface area contributed by atoms with Gasteiger partial charge in [-0.2, -0.15) is 0 Å². The van der Waals surface area contributed by atoms with Crippen LogP contribution in [0.3, 0.4) is 0 Å². The lowest BCUT2D eigenvalue weighted by atomic mass is 10.0. The van der Waals surface area contributed by atoms with E-state index in [1.165, 1.54) is 36.1 Å². The van der Waals surface area contributed by atoms with Gasteiger partial charge in [0, 0.05) is 19.6 Å². The lowest BCUT2D eigenvalue weighted by molar-refractivity contribution is 0.396. The first-order chi connectivity index (χ1) is 9.11. The quantitative estimate of drug-likeness (QED) is 0.903. The molecular weight excluding hydrogens is 236 g/mol. The molecule has 0 aliphatic carbocycles. The van der Waals surface area contributed by atoms with Crippen LogP contribution in [-0.4, -0.2) is 33.3 Å². The van der Waals surface area contributed by atoms with Crippen molar-refractivity contribution in [1.82, 2.24) is 5.32 Å². The molecule has 1 atom stereocenters. The maximum absolute atomic E-state index is 5.58. The highest BCUT2D eigenvalue weighted by atomic mass is 16.5. The van der Waals surface area contributed by atoms with E-state index in [4.69, 9.17) is 4.74 Å². The number of nitrogens with one attached hydrogen (secondary N) is 1. The second-order valence-corrected chi connectivity index (χ2v) is 5.66. The highest BCUT2D eigenvalue weighted by Gasteiger charge is 2.17. The van der Waals surface area contributed by atoms with E-state index in [1.54, 1.807) is 7.11 Å². The highest BCUT2D eigenvalue weighted by molar-refractivity contribution is 5.63. The van der Waals surface area contributed by atoms with Crippen LogP contribution in [0.2, 0.25) is 0 Å². The van der Waals surface area contributed by atoms with E-state index in [0.29, 0.717) is 6.04 Å². The van der Waals surface area contributed by atoms with Gasteiger partial charge < -0.3 is 15.0 Å². The summed E-state index contributed by atoms with van der Waals surface area (Å²) in [6.45, 7) is 6.45. The fourth-order valence-electron chi connectivity index (χ4n) is 2.99. The Balaban J connectivity index is 2.15. The molecule has 1 unspecified atom stereocenters. The Labute approximate surface area is 116 Å². The molecule has 1 N–H and O–H groups in total. The van der Waals surface area contributed by atoms with Crippen molar-refractivity contribution in [3.8, 4) is 5.75 Å². The topological polar surface area (TPSA) is 24.5 Å². The fraction of sp³-hybridized carbons (Fsp3) is 0.625. The van der Waals surface area contributed by atoms with Crippen molar-refractivity contribution in [2.24, 2.45) is 0 Å². The van der Waals surface area contributed by atoms with E-state index in [2.05, 4.69) is 43.2 Å². The van der Waals surface area contributed by atoms with Gasteiger partial charge in [0.05, 0.1) is 12.8 Å². The molecule has 0 bridgehead atoms. The molecular formula is C16H26N2O. The zero-order valence-corrected chi connectivity index (χ0v) is 12.6. The number of ether oxygens (including phenoxy) is 1. The molecule has 1 aromatic carbocycles. The average Bonchev–Trinajstić information content (AvgIpc) is 2.39. The first-order valence-electron chi connectivity index (χ1n) is 7.21. The van der Waals surface area contributed by atoms with Crippen molar-refractivity contribution >= 4 is 5.69 Å². The SMILES string of the molecule is COc1c(C)cc(C)cc1N(C)CC1CCCCN1. The predicted octanol–water partition coefficient (Wildman–Crippen LogP) is 2.89. The molecule has 1 saturated heterocycles. The highest BCUT2D eigenvalue weighted by Crippen LogP contribution is 2.32. The first-order valence-corrected chi connectivity index (χ1v) is 7.21. The Morgan fingerprint density at radius 2 is 2.11 bits per heavy atom. The summed E-state index contributed by atoms with van der Waals surface area (Å²) in [7, 11) is 3.92. The molecule has 1 aliphatic heterocycles. The number of benzene rings is 1. The Morgan fingerprint density at radius 3 is 2.74 bits per heavy atom. The summed E-state index contributed by atoms with van der Waals surface area (Å²) >= 11 is 0. The van der Waals surface area contributed by atoms with Gasteiger partial charge in [-0.1, -0.05) is 12.5 Å². The van der Waals surface area contributed by atoms with Crippen LogP contribution in [0.4, 0.5) is 5.69 Å². The largest absolute Gasteiger partial charge is 0.494 e. The van der Waals surface area contributed by atoms with Crippen LogP contribution in [0.25, 0.3) is 0 Å². The minimum Gasteiger partial charge on any atom is -0.494 e. The molecule has 0 saturated carbocycles. The number of anilines is 1. The van der Waals surface area contributed by atoms with Gasteiger partial charge >= 0.3 is 0 Å². The van der Waals surface area contributed by atoms with Crippen LogP contribution in [0.5, 0.6) is 5.75 Å². The molecule has 3 nitrogen and oxygen atoms in total. The number of aryl methyl sites for hydroxylation is 2. The number of nitrogens with zero attached hydrogens (tertiary/aromatic N) is 1. The number of rotatable bonds is 4. The van der Waals surface area contributed by atoms with Gasteiger partial charge in [-0.05, 0) is 50.4 Å². The summed E-state index contributed by atoms with van der Waals surface area (Å²) < 4.78 is 5.58. The maximum Gasteiger partial charge on any atom is 0.145 e. The van der Waals surface area contributed by atoms with Gasteiger partial charge in [0.1, 0.15) is 5.75 Å². The normalized spacial score (nSPS) is 19.3. The maximum atomic E-state index is 5.58. The summed E-state index contributed by atoms with van der Waals surface area (Å²) in [5.41, 5.74) is 3.70. The van der Waals surface area contributed by atoms with Gasteiger partial charge in [-0.3, -0.25) is 0 Å². The standard InChI is InChI=1S/C16H26N2O/c1-12-9-13(2)16(19-4)15(10-12)18(3)11-14-7-5-6-8-17-14/h9-10,14,17H,5-8,11H2,1-4H3. The Morgan fingerprint density at radius 1 is 1.32 bits per heavy atom. The lowest BCUT2D eigenvalue weighted by Gasteiger charge is -2.30. The summed E-state index contributed by atoms with van der Waals surface area (Å²) in [5, 5.41) is 3.60. The van der Waals surface area contributed by atoms with E-state index < -0.39 is 0 Å². The lowest BCUT2D eigenvalue weighted by Crippen LogP contribution is -2.42. The van der Waals surface area contributed by atoms with Gasteiger partial charge in [0.15, 0.2) is 0 Å². The number of hydrogen-bond acceptors (Lipinski definition) is 3. The van der Waals surface area contributed by atoms with Crippen LogP contribution in [-0.2, 0) is 0 Å². The van der Waals surface area contributed by atoms with Crippen LogP contribution < -0.4 is 15.0 Å². The predicted molar refractivity (Wildman–Crippen MR) is 81.4 cm³/mol. The van der Waals surface area contributed by atoms with Gasteiger partial charge in [0.2, 0.25) is 0 Å². The third-order valence-electron chi connectivity index (χ3n) is 3.92. The van der Waals surface area contributed by atoms with Gasteiger partial charge in [-0.15, -0.1) is 0 Å². The zero-order chi connectivity index (χ0) is 13.8. The van der Waals surface area contributed by atoms with Crippen molar-refractivity contribution in [2.75, 3.05) is 32.1 Å². The van der Waals surface area contributed by atoms with Crippen LogP contribution in [0.15, 0.2) is 12.1 Å². The molecule has 3 heteroatoms. The number of hydrogen-bond donors (Lipinski definition) is 1. The summed E-state index contributed by atoms with van der Waals surface area (Å²) in [4.78, 5) is 2.32. The van der Waals surface area contributed by atoms with E-state index in [1.807, 2.05) is 0 Å². The Kier molecular flexibility index (Phi) is 4.70. The summed E-state index contributed by atoms with van der Waals surface area (Å²) in [5.74, 6) is 1.00. The third-order valence-corrected chi connectivity index (χ3v) is 3.92. The van der Waals surface area contributed by atoms with Crippen molar-refractivity contribution < 1.29 is 4.74 Å². The summed E-state index contributed by atoms with van der Waals surface area (Å²) in [6.07, 6.45) is 3.93. The molecule has 0 amide bonds. The Bertz CT molecular complexity index is 425. The molecule has 1 fully saturated rings. The minimum absolute atomic E-state index is 0.601. The van der Waals surface area contributed by atoms with E-state index in [0.717, 1.165) is 18.8 Å². The molecule has 2 rings (SSSR count). The number of likely N-dealkylation sites (N-methyl/N-ethyl adjacent to an activating group) is 1. The zero-order valence-electron chi connectivity index (χ0n) is 12.6. The molecule has 0 spiro atoms. The van der Waals surface area contributed by atoms with Crippen molar-refractivity contribution in [3.63, 3.8) is 0 Å².